The first-order valence-corrected chi connectivity index (χ1v) is 21.7. The summed E-state index contributed by atoms with van der Waals surface area (Å²) < 4.78 is 52.8. The molecule has 320 valence electrons. The number of rotatable bonds is 25. The van der Waals surface area contributed by atoms with Gasteiger partial charge in [0.1, 0.15) is 11.5 Å². The van der Waals surface area contributed by atoms with E-state index in [0.717, 1.165) is 58.5 Å². The van der Waals surface area contributed by atoms with Crippen LogP contribution in [0.1, 0.15) is 95.0 Å². The van der Waals surface area contributed by atoms with Gasteiger partial charge in [-0.2, -0.15) is 0 Å². The van der Waals surface area contributed by atoms with Crippen LogP contribution in [0.2, 0.25) is 0 Å². The van der Waals surface area contributed by atoms with Gasteiger partial charge in [-0.15, -0.1) is 0 Å². The predicted molar refractivity (Wildman–Crippen MR) is 213 cm³/mol. The Morgan fingerprint density at radius 1 is 0.966 bits per heavy atom. The molecule has 58 heavy (non-hydrogen) atoms. The summed E-state index contributed by atoms with van der Waals surface area (Å²) in [4.78, 5) is 83.5. The summed E-state index contributed by atoms with van der Waals surface area (Å²) in [7, 11) is 0.955. The van der Waals surface area contributed by atoms with Gasteiger partial charge in [0.25, 0.3) is 19.6 Å². The van der Waals surface area contributed by atoms with Crippen LogP contribution < -0.4 is 15.5 Å². The van der Waals surface area contributed by atoms with Gasteiger partial charge < -0.3 is 47.0 Å². The van der Waals surface area contributed by atoms with E-state index in [4.69, 9.17) is 0 Å². The van der Waals surface area contributed by atoms with Gasteiger partial charge in [-0.05, 0) is 49.4 Å². The number of nitrogens with zero attached hydrogens (tertiary/aromatic N) is 4. The Morgan fingerprint density at radius 3 is 2.29 bits per heavy atom. The lowest BCUT2D eigenvalue weighted by molar-refractivity contribution is -0.870. The number of imide groups is 1. The average Bonchev–Trinajstić information content (AvgIpc) is 3.78. The Hall–Kier alpha value is -4.09. The van der Waals surface area contributed by atoms with Gasteiger partial charge >= 0.3 is 6.97 Å². The quantitative estimate of drug-likeness (QED) is 0.0437. The normalized spacial score (nSPS) is 17.5. The van der Waals surface area contributed by atoms with E-state index in [1.54, 1.807) is 6.08 Å². The van der Waals surface area contributed by atoms with E-state index >= 15 is 8.63 Å². The van der Waals surface area contributed by atoms with Crippen LogP contribution in [0.25, 0.3) is 6.08 Å². The average molecular weight is 835 g/mol. The van der Waals surface area contributed by atoms with Crippen LogP contribution in [0.4, 0.5) is 8.63 Å². The van der Waals surface area contributed by atoms with Crippen LogP contribution in [0, 0.1) is 5.92 Å². The second-order valence-electron chi connectivity index (χ2n) is 16.1. The third-order valence-corrected chi connectivity index (χ3v) is 10.8. The van der Waals surface area contributed by atoms with E-state index in [-0.39, 0.29) is 50.5 Å². The topological polar surface area (TPSA) is 190 Å². The molecular weight excluding hydrogens is 776 g/mol. The summed E-state index contributed by atoms with van der Waals surface area (Å²) in [5.41, 5.74) is 3.47. The minimum atomic E-state index is -5.24. The molecule has 3 aliphatic rings. The Kier molecular flexibility index (Phi) is 16.3. The maximum absolute atomic E-state index is 17.0. The van der Waals surface area contributed by atoms with Gasteiger partial charge in [-0.25, -0.2) is 0 Å². The maximum Gasteiger partial charge on any atom is 0.737 e. The Morgan fingerprint density at radius 2 is 1.66 bits per heavy atom. The van der Waals surface area contributed by atoms with E-state index in [1.807, 2.05) is 26.0 Å². The van der Waals surface area contributed by atoms with Crippen LogP contribution in [-0.2, 0) is 45.9 Å². The second kappa shape index (κ2) is 20.3. The molecule has 2 atom stereocenters. The monoisotopic (exact) mass is 834 g/mol. The van der Waals surface area contributed by atoms with Gasteiger partial charge in [0.15, 0.2) is 5.70 Å². The number of unbranched alkanes of at least 4 members (excludes halogenated alkanes) is 1. The number of nitrogens with one attached hydrogen (secondary N) is 2. The molecule has 19 heteroatoms. The fraction of sp³-hybridized carbons (Fsp3) is 0.590. The van der Waals surface area contributed by atoms with Crippen molar-refractivity contribution in [2.75, 3.05) is 53.9 Å². The zero-order valence-electron chi connectivity index (χ0n) is 34.3. The zero-order valence-corrected chi connectivity index (χ0v) is 35.2. The summed E-state index contributed by atoms with van der Waals surface area (Å²) in [5, 5.41) is 5.22. The standard InChI is InChI=1S/C39H58BF2N6O9P/c1-6-11-28-23-31(13-10-22-48(3,4)5)46-34(28)26-35-29(12-7-2)24-32(47(35)40(46,41)42)15-16-33(49)25-30(27-57-58(54,55)56)39(53)44-19-9-8-14-36(50)43-20-21-45-37(51)17-18-38(45)52/h17-18,23-24,26,30H,6-16,19-22,25,27H2,1-5H3,(H3-,43,44,50,53,54,55,56). The van der Waals surface area contributed by atoms with Crippen molar-refractivity contribution in [1.82, 2.24) is 20.0 Å². The van der Waals surface area contributed by atoms with E-state index in [2.05, 4.69) is 36.3 Å². The molecule has 0 saturated heterocycles. The fourth-order valence-corrected chi connectivity index (χ4v) is 7.91. The Labute approximate surface area is 339 Å². The van der Waals surface area contributed by atoms with Gasteiger partial charge in [0.2, 0.25) is 11.8 Å². The van der Waals surface area contributed by atoms with Crippen molar-refractivity contribution >= 4 is 56.0 Å². The molecule has 4 amide bonds. The molecule has 15 nitrogen and oxygen atoms in total. The molecule has 4 heterocycles. The van der Waals surface area contributed by atoms with Crippen molar-refractivity contribution in [2.45, 2.75) is 90.9 Å². The first kappa shape index (κ1) is 46.6. The number of Topliss-reactive ketones (excluding diaryl/α,β-unsaturated/α-hetero) is 1. The molecule has 1 aromatic rings. The molecule has 3 N–H and O–H groups in total. The summed E-state index contributed by atoms with van der Waals surface area (Å²) in [6, 6.07) is 1.91. The molecule has 4 rings (SSSR count). The molecular formula is C39H58BF2N6O9P. The SMILES string of the molecule is CCCC1=CC(CCC(=O)CC(COP(=O)([O-])O)C(=O)NCCCCC(=O)NCCN2C(=O)C=CC2=O)=[N+]2C1=Cc1c(CCC)cc(CCC[N+](C)(C)C)n1[B-]2(F)F. The van der Waals surface area contributed by atoms with Gasteiger partial charge in [-0.3, -0.25) is 33.4 Å². The van der Waals surface area contributed by atoms with Crippen LogP contribution in [-0.4, -0.2) is 119 Å². The van der Waals surface area contributed by atoms with Crippen molar-refractivity contribution in [3.63, 3.8) is 0 Å². The number of halogens is 2. The Bertz CT molecular complexity index is 1900. The van der Waals surface area contributed by atoms with Crippen LogP contribution in [0.3, 0.4) is 0 Å². The number of amides is 4. The van der Waals surface area contributed by atoms with E-state index in [1.165, 1.54) is 4.48 Å². The van der Waals surface area contributed by atoms with E-state index in [9.17, 15) is 38.3 Å². The van der Waals surface area contributed by atoms with Crippen molar-refractivity contribution < 1.29 is 60.4 Å². The highest BCUT2D eigenvalue weighted by atomic mass is 31.2. The summed E-state index contributed by atoms with van der Waals surface area (Å²) in [5.74, 6) is -3.72. The Balaban J connectivity index is 1.39. The smallest absolute Gasteiger partial charge is 0.737 e. The predicted octanol–water partition coefficient (Wildman–Crippen LogP) is 3.01. The molecule has 0 aromatic carbocycles. The number of quaternary nitrogens is 1. The summed E-state index contributed by atoms with van der Waals surface area (Å²) in [6.07, 6.45) is 9.95. The molecule has 0 radical (unpaired) electrons. The lowest BCUT2D eigenvalue weighted by Gasteiger charge is -2.32. The highest BCUT2D eigenvalue weighted by molar-refractivity contribution is 7.44. The van der Waals surface area contributed by atoms with Crippen LogP contribution in [0.5, 0.6) is 0 Å². The lowest BCUT2D eigenvalue weighted by atomic mass is 9.88. The number of fused-ring (bicyclic) bond motifs is 2. The van der Waals surface area contributed by atoms with Crippen LogP contribution in [0.15, 0.2) is 35.6 Å². The number of aryl methyl sites for hydroxylation is 2. The number of hydrogen-bond donors (Lipinski definition) is 3. The van der Waals surface area contributed by atoms with Crippen molar-refractivity contribution in [3.05, 3.63) is 52.5 Å². The van der Waals surface area contributed by atoms with Crippen molar-refractivity contribution in [3.8, 4) is 0 Å². The molecule has 1 aromatic heterocycles. The molecule has 0 saturated carbocycles. The number of carbonyl (C=O) groups is 5. The van der Waals surface area contributed by atoms with Crippen LogP contribution >= 0.6 is 7.82 Å². The van der Waals surface area contributed by atoms with Crippen molar-refractivity contribution in [2.24, 2.45) is 5.92 Å². The highest BCUT2D eigenvalue weighted by Gasteiger charge is 2.54. The number of phosphoric acid groups is 1. The second-order valence-corrected chi connectivity index (χ2v) is 17.3. The van der Waals surface area contributed by atoms with Gasteiger partial charge in [0, 0.05) is 87.3 Å². The number of ketones is 1. The number of hydrogen-bond acceptors (Lipinski definition) is 8. The largest absolute Gasteiger partial charge is 0.756 e. The summed E-state index contributed by atoms with van der Waals surface area (Å²) >= 11 is 0. The molecule has 0 bridgehead atoms. The molecule has 0 fully saturated rings. The number of aromatic nitrogens is 1. The summed E-state index contributed by atoms with van der Waals surface area (Å²) in [6.45, 7) is -0.123. The minimum absolute atomic E-state index is 0.0330. The zero-order chi connectivity index (χ0) is 42.8. The minimum Gasteiger partial charge on any atom is -0.756 e. The van der Waals surface area contributed by atoms with Crippen molar-refractivity contribution in [1.29, 1.82) is 0 Å². The van der Waals surface area contributed by atoms with E-state index < -0.39 is 57.2 Å². The first-order chi connectivity index (χ1) is 27.3. The van der Waals surface area contributed by atoms with Gasteiger partial charge in [-0.1, -0.05) is 26.7 Å². The number of allylic oxidation sites excluding steroid dienone is 2. The molecule has 0 spiro atoms. The molecule has 3 aliphatic heterocycles. The third kappa shape index (κ3) is 12.7. The third-order valence-electron chi connectivity index (χ3n) is 10.3. The maximum atomic E-state index is 17.0. The lowest BCUT2D eigenvalue weighted by Crippen LogP contribution is -2.51. The number of phosphoric ester groups is 1. The number of carbonyl (C=O) groups excluding carboxylic acids is 5. The molecule has 0 aliphatic carbocycles. The van der Waals surface area contributed by atoms with Gasteiger partial charge in [0.05, 0.1) is 40.2 Å². The first-order valence-electron chi connectivity index (χ1n) is 20.2. The fourth-order valence-electron chi connectivity index (χ4n) is 7.54. The van der Waals surface area contributed by atoms with E-state index in [0.29, 0.717) is 53.7 Å². The molecule has 2 unspecified atom stereocenters. The highest BCUT2D eigenvalue weighted by Crippen LogP contribution is 2.40.